The van der Waals surface area contributed by atoms with Crippen molar-refractivity contribution in [2.75, 3.05) is 6.61 Å². The van der Waals surface area contributed by atoms with Crippen molar-refractivity contribution in [2.45, 2.75) is 6.92 Å². The average Bonchev–Trinajstić information content (AvgIpc) is 2.25. The van der Waals surface area contributed by atoms with Crippen LogP contribution in [-0.2, 0) is 4.42 Å². The molecule has 70 valence electrons. The number of hydrogen-bond donors (Lipinski definition) is 0. The molecule has 0 saturated heterocycles. The molecule has 0 aliphatic rings. The Bertz CT molecular complexity index is 368. The summed E-state index contributed by atoms with van der Waals surface area (Å²) in [7, 11) is 0. The van der Waals surface area contributed by atoms with E-state index < -0.39 is 0 Å². The van der Waals surface area contributed by atoms with E-state index >= 15 is 0 Å². The lowest BCUT2D eigenvalue weighted by molar-refractivity contribution is 0.125. The van der Waals surface area contributed by atoms with Crippen LogP contribution >= 0.6 is 0 Å². The molecule has 1 aromatic carbocycles. The van der Waals surface area contributed by atoms with Crippen molar-refractivity contribution in [3.63, 3.8) is 0 Å². The van der Waals surface area contributed by atoms with Crippen LogP contribution in [0, 0.1) is 11.3 Å². The Morgan fingerprint density at radius 3 is 2.71 bits per heavy atom. The standard InChI is InChI=1S/C12H11NO/c1-2-14-9-3-4-11-5-7-12(10-13)8-6-11/h3-8H,2H2,1H3/b4-3+. The molecule has 0 fully saturated rings. The Balaban J connectivity index is 2.65. The number of nitriles is 1. The highest BCUT2D eigenvalue weighted by Gasteiger charge is 1.85. The van der Waals surface area contributed by atoms with E-state index in [0.717, 1.165) is 5.56 Å². The van der Waals surface area contributed by atoms with Crippen LogP contribution in [0.5, 0.6) is 0 Å². The highest BCUT2D eigenvalue weighted by Crippen LogP contribution is 2.04. The lowest BCUT2D eigenvalue weighted by Gasteiger charge is -1.95. The summed E-state index contributed by atoms with van der Waals surface area (Å²) in [5.74, 6) is 0. The summed E-state index contributed by atoms with van der Waals surface area (Å²) in [5.41, 5.74) is 1.69. The summed E-state index contributed by atoms with van der Waals surface area (Å²) < 4.78 is 4.91. The van der Waals surface area contributed by atoms with E-state index in [2.05, 4.69) is 12.4 Å². The third-order valence-corrected chi connectivity index (χ3v) is 1.61. The Hall–Kier alpha value is -1.88. The predicted molar refractivity (Wildman–Crippen MR) is 56.4 cm³/mol. The first kappa shape index (κ1) is 10.2. The molecule has 1 aromatic rings. The molecule has 0 spiro atoms. The number of benzene rings is 1. The van der Waals surface area contributed by atoms with Crippen LogP contribution in [0.3, 0.4) is 0 Å². The average molecular weight is 185 g/mol. The molecule has 0 N–H and O–H groups in total. The number of nitrogens with zero attached hydrogens (tertiary/aromatic N) is 1. The van der Waals surface area contributed by atoms with Gasteiger partial charge in [0.25, 0.3) is 0 Å². The molecule has 0 unspecified atom stereocenters. The van der Waals surface area contributed by atoms with Crippen LogP contribution in [-0.4, -0.2) is 12.9 Å². The van der Waals surface area contributed by atoms with Crippen molar-refractivity contribution in [1.82, 2.24) is 0 Å². The maximum atomic E-state index is 8.57. The molecule has 0 aliphatic heterocycles. The molecule has 0 aromatic heterocycles. The lowest BCUT2D eigenvalue weighted by Crippen LogP contribution is -1.77. The summed E-state index contributed by atoms with van der Waals surface area (Å²) in [6.07, 6.45) is 6.25. The first-order valence-electron chi connectivity index (χ1n) is 4.41. The van der Waals surface area contributed by atoms with E-state index in [9.17, 15) is 0 Å². The first-order valence-corrected chi connectivity index (χ1v) is 4.41. The Kier molecular flexibility index (Phi) is 4.16. The van der Waals surface area contributed by atoms with Crippen LogP contribution < -0.4 is 0 Å². The fourth-order valence-electron chi connectivity index (χ4n) is 0.930. The van der Waals surface area contributed by atoms with Gasteiger partial charge in [-0.3, -0.25) is 0 Å². The molecule has 0 heterocycles. The van der Waals surface area contributed by atoms with Crippen LogP contribution in [0.15, 0.2) is 30.3 Å². The maximum absolute atomic E-state index is 8.57. The minimum atomic E-state index is 0.623. The quantitative estimate of drug-likeness (QED) is 0.404. The van der Waals surface area contributed by atoms with Crippen molar-refractivity contribution in [3.05, 3.63) is 41.5 Å². The van der Waals surface area contributed by atoms with Crippen molar-refractivity contribution in [2.24, 2.45) is 0 Å². The number of carbonyl (C=O) groups excluding carboxylic acids is 1. The first-order chi connectivity index (χ1) is 6.86. The molecule has 0 atom stereocenters. The third kappa shape index (κ3) is 3.24. The van der Waals surface area contributed by atoms with E-state index in [-0.39, 0.29) is 0 Å². The maximum Gasteiger partial charge on any atom is 0.236 e. The van der Waals surface area contributed by atoms with Gasteiger partial charge >= 0.3 is 0 Å². The smallest absolute Gasteiger partial charge is 0.236 e. The zero-order chi connectivity index (χ0) is 10.2. The summed E-state index contributed by atoms with van der Waals surface area (Å²) in [5, 5.41) is 8.57. The van der Waals surface area contributed by atoms with Gasteiger partial charge in [-0.25, -0.2) is 0 Å². The van der Waals surface area contributed by atoms with Gasteiger partial charge in [-0.15, -0.1) is 11.6 Å². The van der Waals surface area contributed by atoms with E-state index in [0.29, 0.717) is 12.2 Å². The number of rotatable bonds is 3. The fourth-order valence-corrected chi connectivity index (χ4v) is 0.930. The monoisotopic (exact) mass is 185 g/mol. The minimum Gasteiger partial charge on any atom is -0.353 e. The second-order valence-corrected chi connectivity index (χ2v) is 2.62. The molecule has 2 heteroatoms. The molecule has 1 rings (SSSR count). The summed E-state index contributed by atoms with van der Waals surface area (Å²) >= 11 is 0. The summed E-state index contributed by atoms with van der Waals surface area (Å²) in [6, 6.07) is 9.38. The second kappa shape index (κ2) is 5.71. The minimum absolute atomic E-state index is 0.623. The van der Waals surface area contributed by atoms with E-state index in [4.69, 9.17) is 9.69 Å². The SMILES string of the molecule is CC[O+]=[C-]/C=C/c1ccc(C#N)cc1. The van der Waals surface area contributed by atoms with Gasteiger partial charge < -0.3 is 4.42 Å². The van der Waals surface area contributed by atoms with Crippen molar-refractivity contribution in [1.29, 1.82) is 5.26 Å². The van der Waals surface area contributed by atoms with Gasteiger partial charge in [0.1, 0.15) is 0 Å². The van der Waals surface area contributed by atoms with Gasteiger partial charge in [-0.2, -0.15) is 11.3 Å². The van der Waals surface area contributed by atoms with Crippen LogP contribution in [0.4, 0.5) is 0 Å². The molecular formula is C12H11NO. The predicted octanol–water partition coefficient (Wildman–Crippen LogP) is 2.24. The van der Waals surface area contributed by atoms with Gasteiger partial charge in [0.15, 0.2) is 0 Å². The van der Waals surface area contributed by atoms with Gasteiger partial charge in [0.2, 0.25) is 12.9 Å². The van der Waals surface area contributed by atoms with E-state index in [1.807, 2.05) is 25.1 Å². The molecule has 2 nitrogen and oxygen atoms in total. The van der Waals surface area contributed by atoms with Crippen molar-refractivity contribution in [3.8, 4) is 6.07 Å². The van der Waals surface area contributed by atoms with Gasteiger partial charge in [0, 0.05) is 6.92 Å². The zero-order valence-electron chi connectivity index (χ0n) is 8.03. The van der Waals surface area contributed by atoms with E-state index in [1.54, 1.807) is 18.2 Å². The van der Waals surface area contributed by atoms with E-state index in [1.165, 1.54) is 0 Å². The molecule has 0 aliphatic carbocycles. The molecule has 0 radical (unpaired) electrons. The zero-order valence-corrected chi connectivity index (χ0v) is 8.03. The molecular weight excluding hydrogens is 174 g/mol. The summed E-state index contributed by atoms with van der Waals surface area (Å²) in [6.45, 7) is 2.53. The Morgan fingerprint density at radius 2 is 2.14 bits per heavy atom. The molecule has 14 heavy (non-hydrogen) atoms. The largest absolute Gasteiger partial charge is 0.353 e. The fraction of sp³-hybridized carbons (Fsp3) is 0.167. The van der Waals surface area contributed by atoms with Gasteiger partial charge in [0.05, 0.1) is 11.6 Å². The summed E-state index contributed by atoms with van der Waals surface area (Å²) in [4.78, 5) is 0. The van der Waals surface area contributed by atoms with Crippen LogP contribution in [0.2, 0.25) is 0 Å². The topological polar surface area (TPSA) is 35.1 Å². The Morgan fingerprint density at radius 1 is 1.43 bits per heavy atom. The van der Waals surface area contributed by atoms with Crippen LogP contribution in [0.25, 0.3) is 6.08 Å². The molecule has 0 bridgehead atoms. The van der Waals surface area contributed by atoms with Gasteiger partial charge in [-0.1, -0.05) is 12.1 Å². The lowest BCUT2D eigenvalue weighted by atomic mass is 10.1. The number of hydrogen-bond acceptors (Lipinski definition) is 1. The second-order valence-electron chi connectivity index (χ2n) is 2.62. The third-order valence-electron chi connectivity index (χ3n) is 1.61. The highest BCUT2D eigenvalue weighted by atomic mass is 16.4. The van der Waals surface area contributed by atoms with Crippen LogP contribution in [0.1, 0.15) is 18.1 Å². The van der Waals surface area contributed by atoms with Crippen molar-refractivity contribution >= 4 is 12.4 Å². The normalized spacial score (nSPS) is 10.9. The van der Waals surface area contributed by atoms with Crippen molar-refractivity contribution < 1.29 is 4.42 Å². The molecule has 0 amide bonds. The Labute approximate surface area is 83.8 Å². The molecule has 0 saturated carbocycles. The highest BCUT2D eigenvalue weighted by molar-refractivity contribution is 5.74. The van der Waals surface area contributed by atoms with Gasteiger partial charge in [-0.05, 0) is 12.1 Å². The number of allylic oxidation sites excluding steroid dienone is 1.